The van der Waals surface area contributed by atoms with E-state index < -0.39 is 0 Å². The molecule has 1 fully saturated rings. The first-order valence-electron chi connectivity index (χ1n) is 8.77. The lowest BCUT2D eigenvalue weighted by Crippen LogP contribution is -2.53. The molecule has 0 aromatic heterocycles. The zero-order valence-corrected chi connectivity index (χ0v) is 14.1. The van der Waals surface area contributed by atoms with Crippen molar-refractivity contribution in [2.45, 2.75) is 70.9 Å². The van der Waals surface area contributed by atoms with Gasteiger partial charge in [0.25, 0.3) is 0 Å². The van der Waals surface area contributed by atoms with Crippen molar-refractivity contribution >= 4 is 0 Å². The first kappa shape index (κ1) is 16.5. The van der Waals surface area contributed by atoms with E-state index in [4.69, 9.17) is 5.73 Å². The van der Waals surface area contributed by atoms with E-state index in [0.717, 1.165) is 19.5 Å². The van der Waals surface area contributed by atoms with E-state index in [2.05, 4.69) is 49.9 Å². The third kappa shape index (κ3) is 3.32. The first-order valence-corrected chi connectivity index (χ1v) is 8.77. The van der Waals surface area contributed by atoms with Gasteiger partial charge < -0.3 is 5.73 Å². The van der Waals surface area contributed by atoms with Crippen molar-refractivity contribution in [2.75, 3.05) is 13.1 Å². The summed E-state index contributed by atoms with van der Waals surface area (Å²) in [7, 11) is 0. The SMILES string of the molecule is CCCc1cccc(C(N)C2(N(CC)CC)CCCC2)c1. The van der Waals surface area contributed by atoms with E-state index in [-0.39, 0.29) is 11.6 Å². The van der Waals surface area contributed by atoms with Gasteiger partial charge in [-0.3, -0.25) is 4.90 Å². The average Bonchev–Trinajstić information content (AvgIpc) is 2.99. The number of rotatable bonds is 7. The fourth-order valence-corrected chi connectivity index (χ4v) is 4.21. The summed E-state index contributed by atoms with van der Waals surface area (Å²) < 4.78 is 0. The lowest BCUT2D eigenvalue weighted by molar-refractivity contribution is 0.0770. The molecule has 2 rings (SSSR count). The molecule has 0 bridgehead atoms. The van der Waals surface area contributed by atoms with E-state index in [1.54, 1.807) is 0 Å². The smallest absolute Gasteiger partial charge is 0.0482 e. The molecule has 1 aromatic carbocycles. The quantitative estimate of drug-likeness (QED) is 0.811. The van der Waals surface area contributed by atoms with Crippen molar-refractivity contribution in [3.05, 3.63) is 35.4 Å². The largest absolute Gasteiger partial charge is 0.322 e. The minimum absolute atomic E-state index is 0.136. The van der Waals surface area contributed by atoms with Crippen LogP contribution in [0.25, 0.3) is 0 Å². The van der Waals surface area contributed by atoms with Crippen LogP contribution < -0.4 is 5.73 Å². The Balaban J connectivity index is 2.30. The molecule has 1 unspecified atom stereocenters. The van der Waals surface area contributed by atoms with Crippen LogP contribution in [0.15, 0.2) is 24.3 Å². The van der Waals surface area contributed by atoms with E-state index >= 15 is 0 Å². The van der Waals surface area contributed by atoms with Crippen molar-refractivity contribution in [2.24, 2.45) is 5.73 Å². The summed E-state index contributed by atoms with van der Waals surface area (Å²) in [5, 5.41) is 0. The molecule has 0 amide bonds. The Hall–Kier alpha value is -0.860. The van der Waals surface area contributed by atoms with Crippen LogP contribution in [-0.2, 0) is 6.42 Å². The number of nitrogens with two attached hydrogens (primary N) is 1. The molecular weight excluding hydrogens is 256 g/mol. The predicted octanol–water partition coefficient (Wildman–Crippen LogP) is 4.29. The number of benzene rings is 1. The normalized spacial score (nSPS) is 19.1. The van der Waals surface area contributed by atoms with Crippen LogP contribution >= 0.6 is 0 Å². The van der Waals surface area contributed by atoms with Crippen LogP contribution in [0.4, 0.5) is 0 Å². The van der Waals surface area contributed by atoms with Crippen molar-refractivity contribution < 1.29 is 0 Å². The zero-order chi connectivity index (χ0) is 15.3. The molecule has 118 valence electrons. The van der Waals surface area contributed by atoms with Crippen LogP contribution in [0.5, 0.6) is 0 Å². The second-order valence-corrected chi connectivity index (χ2v) is 6.46. The van der Waals surface area contributed by atoms with Crippen molar-refractivity contribution in [3.8, 4) is 0 Å². The third-order valence-corrected chi connectivity index (χ3v) is 5.29. The molecule has 0 radical (unpaired) electrons. The number of aryl methyl sites for hydroxylation is 1. The van der Waals surface area contributed by atoms with Gasteiger partial charge in [-0.1, -0.05) is 64.3 Å². The minimum Gasteiger partial charge on any atom is -0.322 e. The van der Waals surface area contributed by atoms with Gasteiger partial charge in [-0.15, -0.1) is 0 Å². The summed E-state index contributed by atoms with van der Waals surface area (Å²) in [5.74, 6) is 0. The van der Waals surface area contributed by atoms with Gasteiger partial charge in [-0.25, -0.2) is 0 Å². The fraction of sp³-hybridized carbons (Fsp3) is 0.684. The predicted molar refractivity (Wildman–Crippen MR) is 91.5 cm³/mol. The van der Waals surface area contributed by atoms with Crippen LogP contribution in [0.1, 0.15) is 70.0 Å². The maximum absolute atomic E-state index is 6.81. The van der Waals surface area contributed by atoms with Gasteiger partial charge in [-0.2, -0.15) is 0 Å². The average molecular weight is 288 g/mol. The highest BCUT2D eigenvalue weighted by atomic mass is 15.2. The summed E-state index contributed by atoms with van der Waals surface area (Å²) in [6.07, 6.45) is 7.47. The molecule has 1 saturated carbocycles. The molecule has 1 atom stereocenters. The molecule has 2 nitrogen and oxygen atoms in total. The van der Waals surface area contributed by atoms with Gasteiger partial charge in [0.05, 0.1) is 0 Å². The highest BCUT2D eigenvalue weighted by molar-refractivity contribution is 5.29. The Bertz CT molecular complexity index is 431. The molecule has 1 aliphatic carbocycles. The van der Waals surface area contributed by atoms with Crippen molar-refractivity contribution in [3.63, 3.8) is 0 Å². The third-order valence-electron chi connectivity index (χ3n) is 5.29. The van der Waals surface area contributed by atoms with Crippen molar-refractivity contribution in [1.82, 2.24) is 4.90 Å². The molecule has 0 heterocycles. The second kappa shape index (κ2) is 7.42. The number of likely N-dealkylation sites (N-methyl/N-ethyl adjacent to an activating group) is 1. The van der Waals surface area contributed by atoms with Gasteiger partial charge in [0.2, 0.25) is 0 Å². The molecule has 1 aromatic rings. The van der Waals surface area contributed by atoms with Gasteiger partial charge >= 0.3 is 0 Å². The van der Waals surface area contributed by atoms with E-state index in [1.807, 2.05) is 0 Å². The Morgan fingerprint density at radius 1 is 1.14 bits per heavy atom. The molecule has 2 heteroatoms. The number of hydrogen-bond donors (Lipinski definition) is 1. The molecule has 0 aliphatic heterocycles. The van der Waals surface area contributed by atoms with E-state index in [1.165, 1.54) is 43.2 Å². The zero-order valence-electron chi connectivity index (χ0n) is 14.1. The van der Waals surface area contributed by atoms with Gasteiger partial charge in [-0.05, 0) is 43.5 Å². The number of nitrogens with zero attached hydrogens (tertiary/aromatic N) is 1. The van der Waals surface area contributed by atoms with Crippen molar-refractivity contribution in [1.29, 1.82) is 0 Å². The monoisotopic (exact) mass is 288 g/mol. The summed E-state index contributed by atoms with van der Waals surface area (Å²) in [6, 6.07) is 9.13. The van der Waals surface area contributed by atoms with E-state index in [9.17, 15) is 0 Å². The Morgan fingerprint density at radius 3 is 2.38 bits per heavy atom. The van der Waals surface area contributed by atoms with Crippen LogP contribution in [0.3, 0.4) is 0 Å². The Labute approximate surface area is 130 Å². The lowest BCUT2D eigenvalue weighted by Gasteiger charge is -2.45. The van der Waals surface area contributed by atoms with Crippen LogP contribution in [0.2, 0.25) is 0 Å². The van der Waals surface area contributed by atoms with Crippen LogP contribution in [-0.4, -0.2) is 23.5 Å². The molecule has 1 aliphatic rings. The highest BCUT2D eigenvalue weighted by Gasteiger charge is 2.43. The molecule has 2 N–H and O–H groups in total. The standard InChI is InChI=1S/C19H32N2/c1-4-10-16-11-9-12-17(15-16)18(20)19(13-7-8-14-19)21(5-2)6-3/h9,11-12,15,18H,4-8,10,13-14,20H2,1-3H3. The Morgan fingerprint density at radius 2 is 1.81 bits per heavy atom. The maximum Gasteiger partial charge on any atom is 0.0482 e. The van der Waals surface area contributed by atoms with Gasteiger partial charge in [0.15, 0.2) is 0 Å². The number of hydrogen-bond acceptors (Lipinski definition) is 2. The minimum atomic E-state index is 0.136. The van der Waals surface area contributed by atoms with E-state index in [0.29, 0.717) is 0 Å². The molecular formula is C19H32N2. The summed E-state index contributed by atoms with van der Waals surface area (Å²) in [5.41, 5.74) is 9.74. The fourth-order valence-electron chi connectivity index (χ4n) is 4.21. The second-order valence-electron chi connectivity index (χ2n) is 6.46. The van der Waals surface area contributed by atoms with Gasteiger partial charge in [0.1, 0.15) is 0 Å². The summed E-state index contributed by atoms with van der Waals surface area (Å²) in [4.78, 5) is 2.61. The highest BCUT2D eigenvalue weighted by Crippen LogP contribution is 2.43. The topological polar surface area (TPSA) is 29.3 Å². The molecule has 21 heavy (non-hydrogen) atoms. The lowest BCUT2D eigenvalue weighted by atomic mass is 9.82. The molecule has 0 spiro atoms. The first-order chi connectivity index (χ1) is 10.2. The van der Waals surface area contributed by atoms with Crippen LogP contribution in [0, 0.1) is 0 Å². The maximum atomic E-state index is 6.81. The van der Waals surface area contributed by atoms with Gasteiger partial charge in [0, 0.05) is 11.6 Å². The molecule has 0 saturated heterocycles. The summed E-state index contributed by atoms with van der Waals surface area (Å²) >= 11 is 0. The Kier molecular flexibility index (Phi) is 5.83. The summed E-state index contributed by atoms with van der Waals surface area (Å²) in [6.45, 7) is 8.96.